The number of methoxy groups -OCH3 is 1. The normalized spacial score (nSPS) is 15.3. The summed E-state index contributed by atoms with van der Waals surface area (Å²) in [5.74, 6) is 0.651. The van der Waals surface area contributed by atoms with Crippen molar-refractivity contribution in [1.29, 1.82) is 0 Å². The smallest absolute Gasteiger partial charge is 0.328 e. The topological polar surface area (TPSA) is 67.9 Å². The van der Waals surface area contributed by atoms with E-state index >= 15 is 0 Å². The summed E-state index contributed by atoms with van der Waals surface area (Å²) in [7, 11) is 2.95. The van der Waals surface area contributed by atoms with Gasteiger partial charge in [-0.15, -0.1) is 0 Å². The van der Waals surface area contributed by atoms with Crippen LogP contribution in [0.3, 0.4) is 0 Å². The quantitative estimate of drug-likeness (QED) is 0.546. The fraction of sp³-hybridized carbons (Fsp3) is 0.158. The third kappa shape index (κ3) is 4.26. The lowest BCUT2D eigenvalue weighted by Gasteiger charge is -2.13. The molecule has 0 spiro atoms. The third-order valence-electron chi connectivity index (χ3n) is 3.97. The zero-order valence-electron chi connectivity index (χ0n) is 14.6. The van der Waals surface area contributed by atoms with Crippen molar-refractivity contribution in [2.24, 2.45) is 0 Å². The standard InChI is InChI=1S/C19H16BrClN2O4/c1-23-18(24)15(22-19(23)25)7-12-8-16(26-2)17(9-14(12)20)27-10-11-3-5-13(21)6-4-11/h3-9H,10H2,1-2H3,(H,22,25)/b15-7+. The van der Waals surface area contributed by atoms with E-state index in [2.05, 4.69) is 21.2 Å². The molecule has 1 fully saturated rings. The molecule has 0 aromatic heterocycles. The second-order valence-corrected chi connectivity index (χ2v) is 7.08. The van der Waals surface area contributed by atoms with E-state index in [0.29, 0.717) is 33.2 Å². The Morgan fingerprint density at radius 2 is 1.89 bits per heavy atom. The summed E-state index contributed by atoms with van der Waals surface area (Å²) >= 11 is 9.36. The number of nitrogens with one attached hydrogen (secondary N) is 1. The van der Waals surface area contributed by atoms with Gasteiger partial charge in [-0.3, -0.25) is 9.69 Å². The molecular weight excluding hydrogens is 436 g/mol. The van der Waals surface area contributed by atoms with Gasteiger partial charge in [0, 0.05) is 16.5 Å². The van der Waals surface area contributed by atoms with E-state index in [1.54, 1.807) is 30.3 Å². The fourth-order valence-corrected chi connectivity index (χ4v) is 3.02. The number of imide groups is 1. The summed E-state index contributed by atoms with van der Waals surface area (Å²) in [5, 5.41) is 3.19. The number of halogens is 2. The molecule has 27 heavy (non-hydrogen) atoms. The van der Waals surface area contributed by atoms with Gasteiger partial charge in [-0.25, -0.2) is 4.79 Å². The van der Waals surface area contributed by atoms with Crippen molar-refractivity contribution in [3.63, 3.8) is 0 Å². The van der Waals surface area contributed by atoms with Gasteiger partial charge in [-0.1, -0.05) is 39.7 Å². The van der Waals surface area contributed by atoms with E-state index < -0.39 is 11.9 Å². The van der Waals surface area contributed by atoms with Gasteiger partial charge < -0.3 is 14.8 Å². The molecule has 0 aliphatic carbocycles. The molecule has 140 valence electrons. The molecule has 2 aromatic rings. The maximum absolute atomic E-state index is 12.0. The number of hydrogen-bond donors (Lipinski definition) is 1. The Morgan fingerprint density at radius 1 is 1.19 bits per heavy atom. The Labute approximate surface area is 169 Å². The summed E-state index contributed by atoms with van der Waals surface area (Å²) in [6.45, 7) is 0.347. The highest BCUT2D eigenvalue weighted by Gasteiger charge is 2.30. The Kier molecular flexibility index (Phi) is 5.72. The third-order valence-corrected chi connectivity index (χ3v) is 4.91. The van der Waals surface area contributed by atoms with Crippen molar-refractivity contribution in [2.45, 2.75) is 6.61 Å². The highest BCUT2D eigenvalue weighted by Crippen LogP contribution is 2.35. The number of carbonyl (C=O) groups excluding carboxylic acids is 2. The van der Waals surface area contributed by atoms with Gasteiger partial charge in [0.2, 0.25) is 0 Å². The van der Waals surface area contributed by atoms with Crippen LogP contribution in [0, 0.1) is 0 Å². The molecule has 0 atom stereocenters. The van der Waals surface area contributed by atoms with Gasteiger partial charge in [-0.05, 0) is 41.5 Å². The molecule has 3 amide bonds. The van der Waals surface area contributed by atoms with Crippen molar-refractivity contribution in [1.82, 2.24) is 10.2 Å². The first-order valence-electron chi connectivity index (χ1n) is 7.94. The average molecular weight is 452 g/mol. The highest BCUT2D eigenvalue weighted by atomic mass is 79.9. The molecular formula is C19H16BrClN2O4. The van der Waals surface area contributed by atoms with E-state index in [1.165, 1.54) is 14.2 Å². The lowest BCUT2D eigenvalue weighted by atomic mass is 10.1. The predicted molar refractivity (Wildman–Crippen MR) is 106 cm³/mol. The van der Waals surface area contributed by atoms with Gasteiger partial charge in [0.25, 0.3) is 5.91 Å². The van der Waals surface area contributed by atoms with Crippen LogP contribution in [0.2, 0.25) is 5.02 Å². The minimum absolute atomic E-state index is 0.195. The molecule has 2 aromatic carbocycles. The van der Waals surface area contributed by atoms with Crippen LogP contribution in [-0.4, -0.2) is 31.0 Å². The first kappa shape index (κ1) is 19.3. The average Bonchev–Trinajstić information content (AvgIpc) is 2.89. The van der Waals surface area contributed by atoms with Crippen LogP contribution in [0.15, 0.2) is 46.6 Å². The number of likely N-dealkylation sites (N-methyl/N-ethyl adjacent to an activating group) is 1. The predicted octanol–water partition coefficient (Wildman–Crippen LogP) is 4.21. The minimum Gasteiger partial charge on any atom is -0.493 e. The number of benzene rings is 2. The molecule has 1 N–H and O–H groups in total. The Balaban J connectivity index is 1.84. The summed E-state index contributed by atoms with van der Waals surface area (Å²) in [5.41, 5.74) is 1.83. The SMILES string of the molecule is COc1cc(/C=C2/NC(=O)N(C)C2=O)c(Br)cc1OCc1ccc(Cl)cc1. The van der Waals surface area contributed by atoms with Crippen molar-refractivity contribution in [2.75, 3.05) is 14.2 Å². The number of carbonyl (C=O) groups is 2. The van der Waals surface area contributed by atoms with Crippen LogP contribution >= 0.6 is 27.5 Å². The lowest BCUT2D eigenvalue weighted by molar-refractivity contribution is -0.121. The molecule has 1 saturated heterocycles. The van der Waals surface area contributed by atoms with Crippen LogP contribution in [0.4, 0.5) is 4.79 Å². The minimum atomic E-state index is -0.461. The summed E-state index contributed by atoms with van der Waals surface area (Å²) in [6, 6.07) is 10.4. The molecule has 1 heterocycles. The highest BCUT2D eigenvalue weighted by molar-refractivity contribution is 9.10. The summed E-state index contributed by atoms with van der Waals surface area (Å²) in [4.78, 5) is 24.6. The van der Waals surface area contributed by atoms with E-state index in [9.17, 15) is 9.59 Å². The first-order chi connectivity index (χ1) is 12.9. The number of rotatable bonds is 5. The van der Waals surface area contributed by atoms with Crippen molar-refractivity contribution < 1.29 is 19.1 Å². The Morgan fingerprint density at radius 3 is 2.48 bits per heavy atom. The van der Waals surface area contributed by atoms with Crippen LogP contribution in [-0.2, 0) is 11.4 Å². The largest absolute Gasteiger partial charge is 0.493 e. The maximum atomic E-state index is 12.0. The van der Waals surface area contributed by atoms with E-state index in [4.69, 9.17) is 21.1 Å². The molecule has 3 rings (SSSR count). The second kappa shape index (κ2) is 8.02. The van der Waals surface area contributed by atoms with Gasteiger partial charge in [0.05, 0.1) is 7.11 Å². The molecule has 1 aliphatic rings. The number of urea groups is 1. The fourth-order valence-electron chi connectivity index (χ4n) is 2.45. The zero-order valence-corrected chi connectivity index (χ0v) is 16.9. The number of hydrogen-bond acceptors (Lipinski definition) is 4. The first-order valence-corrected chi connectivity index (χ1v) is 9.11. The lowest BCUT2D eigenvalue weighted by Crippen LogP contribution is -2.25. The van der Waals surface area contributed by atoms with Crippen LogP contribution < -0.4 is 14.8 Å². The molecule has 8 heteroatoms. The van der Waals surface area contributed by atoms with Crippen LogP contribution in [0.25, 0.3) is 6.08 Å². The van der Waals surface area contributed by atoms with Crippen molar-refractivity contribution in [3.8, 4) is 11.5 Å². The molecule has 6 nitrogen and oxygen atoms in total. The van der Waals surface area contributed by atoms with Crippen molar-refractivity contribution in [3.05, 3.63) is 62.7 Å². The van der Waals surface area contributed by atoms with Gasteiger partial charge in [0.15, 0.2) is 11.5 Å². The van der Waals surface area contributed by atoms with Gasteiger partial charge >= 0.3 is 6.03 Å². The number of amides is 3. The Bertz CT molecular complexity index is 928. The van der Waals surface area contributed by atoms with Gasteiger partial charge in [-0.2, -0.15) is 0 Å². The van der Waals surface area contributed by atoms with E-state index in [1.807, 2.05) is 12.1 Å². The maximum Gasteiger partial charge on any atom is 0.328 e. The molecule has 1 aliphatic heterocycles. The van der Waals surface area contributed by atoms with Crippen LogP contribution in [0.5, 0.6) is 11.5 Å². The molecule has 0 unspecified atom stereocenters. The Hall–Kier alpha value is -2.51. The molecule has 0 radical (unpaired) electrons. The molecule has 0 saturated carbocycles. The second-order valence-electron chi connectivity index (χ2n) is 5.79. The van der Waals surface area contributed by atoms with Crippen LogP contribution in [0.1, 0.15) is 11.1 Å². The van der Waals surface area contributed by atoms with E-state index in [-0.39, 0.29) is 5.70 Å². The summed E-state index contributed by atoms with van der Waals surface area (Å²) in [6.07, 6.45) is 1.58. The number of ether oxygens (including phenoxy) is 2. The van der Waals surface area contributed by atoms with E-state index in [0.717, 1.165) is 10.5 Å². The monoisotopic (exact) mass is 450 g/mol. The number of nitrogens with zero attached hydrogens (tertiary/aromatic N) is 1. The van der Waals surface area contributed by atoms with Crippen molar-refractivity contribution >= 4 is 45.5 Å². The summed E-state index contributed by atoms with van der Waals surface area (Å²) < 4.78 is 11.9. The zero-order chi connectivity index (χ0) is 19.6. The van der Waals surface area contributed by atoms with Gasteiger partial charge in [0.1, 0.15) is 12.3 Å². The molecule has 0 bridgehead atoms.